The van der Waals surface area contributed by atoms with E-state index in [2.05, 4.69) is 18.7 Å². The molecule has 0 aromatic heterocycles. The van der Waals surface area contributed by atoms with E-state index in [1.165, 1.54) is 0 Å². The molecule has 1 aliphatic carbocycles. The number of fused-ring (bicyclic) bond motifs is 2. The Balaban J connectivity index is 1.46. The molecule has 12 atom stereocenters. The number of rotatable bonds is 21. The molecule has 3 fully saturated rings. The van der Waals surface area contributed by atoms with Gasteiger partial charge in [0.25, 0.3) is 0 Å². The lowest BCUT2D eigenvalue weighted by atomic mass is 9.83. The minimum absolute atomic E-state index is 0.0116. The molecule has 1 aromatic rings. The number of ether oxygens (including phenoxy) is 2. The molecule has 1 N–H and O–H groups in total. The molecule has 1 saturated carbocycles. The lowest BCUT2D eigenvalue weighted by Crippen LogP contribution is -2.54. The van der Waals surface area contributed by atoms with Crippen LogP contribution in [0.3, 0.4) is 0 Å². The van der Waals surface area contributed by atoms with Gasteiger partial charge in [0.15, 0.2) is 11.4 Å². The summed E-state index contributed by atoms with van der Waals surface area (Å²) < 4.78 is 24.3. The molecule has 4 rings (SSSR count). The number of hydrogen-bond acceptors (Lipinski definition) is 8. The summed E-state index contributed by atoms with van der Waals surface area (Å²) in [5.41, 5.74) is 0.173. The molecule has 1 aromatic carbocycles. The number of likely N-dealkylation sites (tertiary alicyclic amines) is 2. The zero-order chi connectivity index (χ0) is 39.9. The predicted molar refractivity (Wildman–Crippen MR) is 210 cm³/mol. The summed E-state index contributed by atoms with van der Waals surface area (Å²) in [5, 5.41) is 0. The van der Waals surface area contributed by atoms with Crippen LogP contribution in [-0.2, 0) is 39.6 Å². The highest BCUT2D eigenvalue weighted by Crippen LogP contribution is 2.43. The first-order valence-electron chi connectivity index (χ1n) is 20.2. The van der Waals surface area contributed by atoms with Crippen molar-refractivity contribution in [1.82, 2.24) is 14.7 Å². The van der Waals surface area contributed by atoms with Gasteiger partial charge in [-0.05, 0) is 67.0 Å². The summed E-state index contributed by atoms with van der Waals surface area (Å²) in [4.78, 5) is 71.8. The van der Waals surface area contributed by atoms with Crippen molar-refractivity contribution in [3.8, 4) is 0 Å². The summed E-state index contributed by atoms with van der Waals surface area (Å²) in [6.45, 7) is 10.4. The molecule has 2 saturated heterocycles. The topological polar surface area (TPSA) is 134 Å². The van der Waals surface area contributed by atoms with Crippen molar-refractivity contribution in [3.63, 3.8) is 0 Å². The highest BCUT2D eigenvalue weighted by Gasteiger charge is 2.48. The Hall–Kier alpha value is -2.56. The minimum atomic E-state index is -2.59. The summed E-state index contributed by atoms with van der Waals surface area (Å²) in [6, 6.07) is 8.98. The minimum Gasteiger partial charge on any atom is -0.379 e. The lowest BCUT2D eigenvalue weighted by Gasteiger charge is -2.41. The first-order chi connectivity index (χ1) is 25.6. The summed E-state index contributed by atoms with van der Waals surface area (Å²) in [6.07, 6.45) is 4.77. The van der Waals surface area contributed by atoms with Crippen molar-refractivity contribution in [2.45, 2.75) is 141 Å². The van der Waals surface area contributed by atoms with Crippen LogP contribution >= 0.6 is 8.03 Å². The molecule has 2 amide bonds. The Kier molecular flexibility index (Phi) is 16.4. The number of amides is 2. The molecule has 0 spiro atoms. The van der Waals surface area contributed by atoms with Gasteiger partial charge in [0.2, 0.25) is 11.8 Å². The summed E-state index contributed by atoms with van der Waals surface area (Å²) >= 11 is 0. The first-order valence-corrected chi connectivity index (χ1v) is 21.5. The molecule has 2 aliphatic heterocycles. The smallest absolute Gasteiger partial charge is 0.379 e. The fourth-order valence-electron chi connectivity index (χ4n) is 9.78. The van der Waals surface area contributed by atoms with E-state index in [1.807, 2.05) is 51.2 Å². The van der Waals surface area contributed by atoms with Crippen LogP contribution in [0, 0.1) is 29.6 Å². The Morgan fingerprint density at radius 2 is 1.67 bits per heavy atom. The van der Waals surface area contributed by atoms with E-state index in [-0.39, 0.29) is 66.6 Å². The van der Waals surface area contributed by atoms with Crippen LogP contribution in [0.1, 0.15) is 98.0 Å². The van der Waals surface area contributed by atoms with Crippen LogP contribution in [0.15, 0.2) is 30.3 Å². The normalized spacial score (nSPS) is 25.5. The average molecular weight is 773 g/mol. The second kappa shape index (κ2) is 20.0. The third-order valence-corrected chi connectivity index (χ3v) is 14.2. The number of likely N-dealkylation sites (N-methyl/N-ethyl adjacent to an activating group) is 2. The molecular weight excluding hydrogens is 705 g/mol. The number of nitrogens with zero attached hydrogens (tertiary/aromatic N) is 3. The van der Waals surface area contributed by atoms with Crippen LogP contribution in [0.25, 0.3) is 0 Å². The Labute approximate surface area is 324 Å². The fourth-order valence-corrected chi connectivity index (χ4v) is 10.5. The quantitative estimate of drug-likeness (QED) is 0.151. The molecule has 2 bridgehead atoms. The zero-order valence-corrected chi connectivity index (χ0v) is 35.1. The second-order valence-corrected chi connectivity index (χ2v) is 18.1. The Bertz CT molecular complexity index is 1440. The molecule has 3 aliphatic rings. The van der Waals surface area contributed by atoms with Crippen molar-refractivity contribution < 1.29 is 38.1 Å². The molecule has 0 radical (unpaired) electrons. The summed E-state index contributed by atoms with van der Waals surface area (Å²) in [7, 11) is 4.38. The lowest BCUT2D eigenvalue weighted by molar-refractivity contribution is -0.149. The molecule has 12 heteroatoms. The monoisotopic (exact) mass is 772 g/mol. The highest BCUT2D eigenvalue weighted by molar-refractivity contribution is 7.39. The van der Waals surface area contributed by atoms with Crippen LogP contribution in [0.4, 0.5) is 0 Å². The number of Topliss-reactive ketones (excluding diaryl/α,β-unsaturated/α-hetero) is 2. The molecule has 2 heterocycles. The van der Waals surface area contributed by atoms with E-state index in [0.29, 0.717) is 31.3 Å². The molecular formula is C42H67N3O8P+. The van der Waals surface area contributed by atoms with Gasteiger partial charge in [-0.3, -0.25) is 24.1 Å². The number of carbonyl (C=O) groups excluding carboxylic acids is 4. The van der Waals surface area contributed by atoms with Crippen LogP contribution in [-0.4, -0.2) is 120 Å². The Morgan fingerprint density at radius 3 is 2.22 bits per heavy atom. The Morgan fingerprint density at radius 1 is 0.981 bits per heavy atom. The maximum atomic E-state index is 14.4. The third-order valence-electron chi connectivity index (χ3n) is 13.2. The van der Waals surface area contributed by atoms with Gasteiger partial charge in [0, 0.05) is 58.5 Å². The number of methoxy groups -OCH3 is 2. The van der Waals surface area contributed by atoms with Gasteiger partial charge < -0.3 is 19.3 Å². The van der Waals surface area contributed by atoms with Crippen molar-refractivity contribution in [3.05, 3.63) is 35.9 Å². The first kappa shape index (κ1) is 44.2. The van der Waals surface area contributed by atoms with Crippen LogP contribution < -0.4 is 0 Å². The van der Waals surface area contributed by atoms with Crippen molar-refractivity contribution >= 4 is 31.4 Å². The predicted octanol–water partition coefficient (Wildman–Crippen LogP) is 5.93. The van der Waals surface area contributed by atoms with Gasteiger partial charge >= 0.3 is 8.03 Å². The van der Waals surface area contributed by atoms with E-state index < -0.39 is 43.8 Å². The molecule has 54 heavy (non-hydrogen) atoms. The van der Waals surface area contributed by atoms with Gasteiger partial charge in [-0.25, -0.2) is 0 Å². The number of carbonyl (C=O) groups is 4. The van der Waals surface area contributed by atoms with Crippen molar-refractivity contribution in [2.24, 2.45) is 29.6 Å². The summed E-state index contributed by atoms with van der Waals surface area (Å²) in [5.74, 6) is -0.973. The second-order valence-electron chi connectivity index (χ2n) is 16.8. The van der Waals surface area contributed by atoms with Gasteiger partial charge in [-0.2, -0.15) is 4.89 Å². The third kappa shape index (κ3) is 10.2. The van der Waals surface area contributed by atoms with E-state index >= 15 is 0 Å². The standard InChI is InChI=1S/C42H66N3O8P/c1-10-27(4)39(44(7)42(49)33(26(2)3)24-36(47)40-30-18-19-31(22-30)43(40)6)37(52-8)25-38(48)45-20-14-17-34(45)41(53-9)28(5)35(46)23-32(54(50)51)21-29-15-12-11-13-16-29/h11-13,15-16,26-28,30-34,37,39-41H,10,14,17-25H2,1-9H3/p+1/t27-,28-,30-,31+,32+,33-,34-,37+,39-,40-,41+/m0/s1. The number of ketones is 2. The molecule has 11 nitrogen and oxygen atoms in total. The number of benzene rings is 1. The van der Waals surface area contributed by atoms with Crippen LogP contribution in [0.2, 0.25) is 0 Å². The van der Waals surface area contributed by atoms with Crippen molar-refractivity contribution in [1.29, 1.82) is 0 Å². The van der Waals surface area contributed by atoms with Gasteiger partial charge in [-0.1, -0.05) is 71.4 Å². The van der Waals surface area contributed by atoms with Gasteiger partial charge in [0.1, 0.15) is 5.78 Å². The number of piperidine rings is 1. The maximum Gasteiger partial charge on any atom is 0.509 e. The maximum absolute atomic E-state index is 14.4. The highest BCUT2D eigenvalue weighted by atomic mass is 31.1. The van der Waals surface area contributed by atoms with E-state index in [9.17, 15) is 28.6 Å². The van der Waals surface area contributed by atoms with Gasteiger partial charge in [0.05, 0.1) is 43.2 Å². The largest absolute Gasteiger partial charge is 0.509 e. The SMILES string of the molecule is CC[C@H](C)[C@@H]([C@@H](CC(=O)N1CCC[C@H]1[C@H](OC)[C@@H](C)C(=O)C[C@@H](Cc1ccccc1)[P+](=O)O)OC)N(C)C(=O)[C@@H](CC(=O)[C@@H]1[C@H]2CC[C@H](C2)N1C)C(C)C. The van der Waals surface area contributed by atoms with E-state index in [4.69, 9.17) is 9.47 Å². The average Bonchev–Trinajstić information content (AvgIpc) is 3.90. The van der Waals surface area contributed by atoms with E-state index in [0.717, 1.165) is 37.7 Å². The fraction of sp³-hybridized carbons (Fsp3) is 0.762. The molecule has 302 valence electrons. The van der Waals surface area contributed by atoms with Gasteiger partial charge in [-0.15, -0.1) is 0 Å². The zero-order valence-electron chi connectivity index (χ0n) is 34.2. The number of hydrogen-bond donors (Lipinski definition) is 1. The van der Waals surface area contributed by atoms with Crippen LogP contribution in [0.5, 0.6) is 0 Å². The van der Waals surface area contributed by atoms with E-state index in [1.54, 1.807) is 38.0 Å². The van der Waals surface area contributed by atoms with Crippen molar-refractivity contribution in [2.75, 3.05) is 34.9 Å². The molecule has 1 unspecified atom stereocenters.